The number of nitrogens with one attached hydrogen (secondary N) is 2. The molecule has 1 unspecified atom stereocenters. The van der Waals surface area contributed by atoms with Crippen molar-refractivity contribution in [3.05, 3.63) is 0 Å². The van der Waals surface area contributed by atoms with Gasteiger partial charge in [0.2, 0.25) is 11.9 Å². The lowest BCUT2D eigenvalue weighted by molar-refractivity contribution is 0.248. The molecule has 18 heavy (non-hydrogen) atoms. The molecule has 7 nitrogen and oxygen atoms in total. The van der Waals surface area contributed by atoms with Gasteiger partial charge < -0.3 is 20.5 Å². The van der Waals surface area contributed by atoms with Crippen LogP contribution in [-0.2, 0) is 0 Å². The summed E-state index contributed by atoms with van der Waals surface area (Å²) in [4.78, 5) is 12.4. The highest BCUT2D eigenvalue weighted by atomic mass is 16.5. The van der Waals surface area contributed by atoms with Crippen molar-refractivity contribution < 1.29 is 9.84 Å². The molecule has 0 aromatic carbocycles. The highest BCUT2D eigenvalue weighted by molar-refractivity contribution is 5.36. The first kappa shape index (κ1) is 14.4. The van der Waals surface area contributed by atoms with E-state index >= 15 is 0 Å². The number of methoxy groups -OCH3 is 1. The molecule has 3 N–H and O–H groups in total. The van der Waals surface area contributed by atoms with Crippen LogP contribution in [0.4, 0.5) is 11.9 Å². The zero-order chi connectivity index (χ0) is 13.5. The van der Waals surface area contributed by atoms with E-state index < -0.39 is 0 Å². The number of aliphatic hydroxyl groups is 1. The molecule has 0 aliphatic carbocycles. The fourth-order valence-corrected chi connectivity index (χ4v) is 1.34. The van der Waals surface area contributed by atoms with Crippen LogP contribution in [0.25, 0.3) is 0 Å². The van der Waals surface area contributed by atoms with Crippen LogP contribution in [0.3, 0.4) is 0 Å². The second kappa shape index (κ2) is 6.95. The first-order chi connectivity index (χ1) is 8.60. The zero-order valence-electron chi connectivity index (χ0n) is 11.3. The molecular formula is C11H21N5O2. The Bertz CT molecular complexity index is 372. The first-order valence-corrected chi connectivity index (χ1v) is 6.02. The summed E-state index contributed by atoms with van der Waals surface area (Å²) in [7, 11) is 1.50. The van der Waals surface area contributed by atoms with Crippen LogP contribution >= 0.6 is 0 Å². The Morgan fingerprint density at radius 3 is 2.39 bits per heavy atom. The van der Waals surface area contributed by atoms with Crippen molar-refractivity contribution in [3.8, 4) is 6.01 Å². The molecule has 102 valence electrons. The maximum absolute atomic E-state index is 9.28. The number of rotatable bonds is 7. The highest BCUT2D eigenvalue weighted by Crippen LogP contribution is 2.13. The topological polar surface area (TPSA) is 92.2 Å². The van der Waals surface area contributed by atoms with Crippen molar-refractivity contribution >= 4 is 11.9 Å². The van der Waals surface area contributed by atoms with Crippen molar-refractivity contribution in [3.63, 3.8) is 0 Å². The molecule has 0 fully saturated rings. The molecule has 1 heterocycles. The number of anilines is 2. The molecule has 1 aromatic rings. The molecule has 0 radical (unpaired) electrons. The number of ether oxygens (including phenoxy) is 1. The van der Waals surface area contributed by atoms with Crippen molar-refractivity contribution in [2.45, 2.75) is 26.8 Å². The molecule has 1 aromatic heterocycles. The Morgan fingerprint density at radius 1 is 1.22 bits per heavy atom. The van der Waals surface area contributed by atoms with Gasteiger partial charge in [0.05, 0.1) is 19.8 Å². The monoisotopic (exact) mass is 255 g/mol. The minimum absolute atomic E-state index is 0.0161. The van der Waals surface area contributed by atoms with Gasteiger partial charge in [0.1, 0.15) is 0 Å². The van der Waals surface area contributed by atoms with E-state index in [0.29, 0.717) is 18.4 Å². The lowest BCUT2D eigenvalue weighted by Crippen LogP contribution is -2.30. The van der Waals surface area contributed by atoms with Crippen LogP contribution in [0.2, 0.25) is 0 Å². The number of hydrogen-bond acceptors (Lipinski definition) is 7. The fourth-order valence-electron chi connectivity index (χ4n) is 1.34. The Morgan fingerprint density at radius 2 is 1.89 bits per heavy atom. The van der Waals surface area contributed by atoms with Crippen LogP contribution in [0.15, 0.2) is 0 Å². The smallest absolute Gasteiger partial charge is 0.322 e. The van der Waals surface area contributed by atoms with Crippen molar-refractivity contribution in [1.29, 1.82) is 0 Å². The largest absolute Gasteiger partial charge is 0.467 e. The summed E-state index contributed by atoms with van der Waals surface area (Å²) in [5.74, 6) is 1.11. The summed E-state index contributed by atoms with van der Waals surface area (Å²) >= 11 is 0. The first-order valence-electron chi connectivity index (χ1n) is 6.02. The van der Waals surface area contributed by atoms with Crippen LogP contribution < -0.4 is 15.4 Å². The van der Waals surface area contributed by atoms with Gasteiger partial charge in [-0.25, -0.2) is 0 Å². The van der Waals surface area contributed by atoms with Crippen LogP contribution in [0.1, 0.15) is 20.8 Å². The summed E-state index contributed by atoms with van der Waals surface area (Å²) in [6, 6.07) is 0.135. The Balaban J connectivity index is 2.89. The van der Waals surface area contributed by atoms with Crippen molar-refractivity contribution in [2.24, 2.45) is 5.92 Å². The zero-order valence-corrected chi connectivity index (χ0v) is 11.3. The third kappa shape index (κ3) is 3.99. The van der Waals surface area contributed by atoms with E-state index in [-0.39, 0.29) is 24.6 Å². The second-order valence-electron chi connectivity index (χ2n) is 4.18. The van der Waals surface area contributed by atoms with Crippen LogP contribution in [0, 0.1) is 5.92 Å². The molecule has 0 saturated carbocycles. The number of nitrogens with zero attached hydrogens (tertiary/aromatic N) is 3. The van der Waals surface area contributed by atoms with Gasteiger partial charge in [-0.15, -0.1) is 0 Å². The van der Waals surface area contributed by atoms with Gasteiger partial charge in [0.15, 0.2) is 0 Å². The number of aromatic nitrogens is 3. The summed E-state index contributed by atoms with van der Waals surface area (Å²) in [6.45, 7) is 6.70. The lowest BCUT2D eigenvalue weighted by atomic mass is 10.1. The normalized spacial score (nSPS) is 12.3. The Kier molecular flexibility index (Phi) is 5.57. The maximum Gasteiger partial charge on any atom is 0.322 e. The summed E-state index contributed by atoms with van der Waals surface area (Å²) in [5.41, 5.74) is 0. The van der Waals surface area contributed by atoms with E-state index in [0.717, 1.165) is 0 Å². The molecular weight excluding hydrogens is 234 g/mol. The van der Waals surface area contributed by atoms with Crippen molar-refractivity contribution in [1.82, 2.24) is 15.0 Å². The summed E-state index contributed by atoms with van der Waals surface area (Å²) < 4.78 is 5.01. The average Bonchev–Trinajstić information content (AvgIpc) is 2.35. The standard InChI is InChI=1S/C11H21N5O2/c1-5-12-9-14-10(16-11(15-9)18-4)13-8(6-17)7(2)3/h7-8,17H,5-6H2,1-4H3,(H2,12,13,14,15,16). The van der Waals surface area contributed by atoms with Gasteiger partial charge in [-0.1, -0.05) is 13.8 Å². The number of aliphatic hydroxyl groups excluding tert-OH is 1. The van der Waals surface area contributed by atoms with E-state index in [4.69, 9.17) is 4.74 Å². The molecule has 0 saturated heterocycles. The Hall–Kier alpha value is -1.63. The second-order valence-corrected chi connectivity index (χ2v) is 4.18. The minimum Gasteiger partial charge on any atom is -0.467 e. The third-order valence-electron chi connectivity index (χ3n) is 2.45. The van der Waals surface area contributed by atoms with E-state index in [2.05, 4.69) is 25.6 Å². The minimum atomic E-state index is -0.105. The molecule has 0 aliphatic heterocycles. The number of hydrogen-bond donors (Lipinski definition) is 3. The SMILES string of the molecule is CCNc1nc(NC(CO)C(C)C)nc(OC)n1. The van der Waals surface area contributed by atoms with Crippen molar-refractivity contribution in [2.75, 3.05) is 30.9 Å². The van der Waals surface area contributed by atoms with E-state index in [1.54, 1.807) is 0 Å². The molecule has 0 aliphatic rings. The Labute approximate surface area is 107 Å². The van der Waals surface area contributed by atoms with E-state index in [1.807, 2.05) is 20.8 Å². The highest BCUT2D eigenvalue weighted by Gasteiger charge is 2.15. The summed E-state index contributed by atoms with van der Waals surface area (Å²) in [6.07, 6.45) is 0. The molecule has 0 amide bonds. The summed E-state index contributed by atoms with van der Waals surface area (Å²) in [5, 5.41) is 15.3. The van der Waals surface area contributed by atoms with Crippen LogP contribution in [-0.4, -0.2) is 46.4 Å². The van der Waals surface area contributed by atoms with Gasteiger partial charge in [-0.05, 0) is 12.8 Å². The molecule has 1 atom stereocenters. The molecule has 1 rings (SSSR count). The quantitative estimate of drug-likeness (QED) is 0.661. The van der Waals surface area contributed by atoms with Gasteiger partial charge >= 0.3 is 6.01 Å². The van der Waals surface area contributed by atoms with Gasteiger partial charge in [-0.2, -0.15) is 15.0 Å². The lowest BCUT2D eigenvalue weighted by Gasteiger charge is -2.20. The molecule has 0 bridgehead atoms. The van der Waals surface area contributed by atoms with E-state index in [9.17, 15) is 5.11 Å². The van der Waals surface area contributed by atoms with Gasteiger partial charge in [0.25, 0.3) is 0 Å². The average molecular weight is 255 g/mol. The van der Waals surface area contributed by atoms with Gasteiger partial charge in [-0.3, -0.25) is 0 Å². The van der Waals surface area contributed by atoms with E-state index in [1.165, 1.54) is 7.11 Å². The molecule has 0 spiro atoms. The third-order valence-corrected chi connectivity index (χ3v) is 2.45. The van der Waals surface area contributed by atoms with Crippen LogP contribution in [0.5, 0.6) is 6.01 Å². The van der Waals surface area contributed by atoms with Gasteiger partial charge in [0, 0.05) is 6.54 Å². The fraction of sp³-hybridized carbons (Fsp3) is 0.727. The predicted octanol–water partition coefficient (Wildman–Crippen LogP) is 0.741. The maximum atomic E-state index is 9.28. The predicted molar refractivity (Wildman–Crippen MR) is 69.9 cm³/mol. The molecule has 7 heteroatoms.